The van der Waals surface area contributed by atoms with E-state index in [0.29, 0.717) is 16.1 Å². The van der Waals surface area contributed by atoms with Gasteiger partial charge in [-0.1, -0.05) is 0 Å². The standard InChI is InChI=1S/C14H9IN2O3S/c15-11-3-1-9(2-4-11)14(19)20-8-12(18)17-13-10(7-16)5-6-21-13/h1-6H,8H2,(H,17,18). The van der Waals surface area contributed by atoms with Gasteiger partial charge in [-0.25, -0.2) is 4.79 Å². The average molecular weight is 412 g/mol. The number of amides is 1. The Bertz CT molecular complexity index is 704. The molecule has 1 heterocycles. The number of carbonyl (C=O) groups excluding carboxylic acids is 2. The number of nitriles is 1. The molecular formula is C14H9IN2O3S. The number of thiophene rings is 1. The minimum atomic E-state index is -0.562. The van der Waals surface area contributed by atoms with E-state index in [9.17, 15) is 9.59 Å². The molecule has 1 amide bonds. The number of nitrogens with zero attached hydrogens (tertiary/aromatic N) is 1. The minimum absolute atomic E-state index is 0.386. The molecule has 0 bridgehead atoms. The van der Waals surface area contributed by atoms with Gasteiger partial charge in [0.1, 0.15) is 11.1 Å². The Morgan fingerprint density at radius 3 is 2.67 bits per heavy atom. The molecule has 2 aromatic rings. The van der Waals surface area contributed by atoms with Crippen LogP contribution in [-0.2, 0) is 9.53 Å². The number of hydrogen-bond donors (Lipinski definition) is 1. The molecule has 0 aliphatic rings. The Kier molecular flexibility index (Phi) is 5.30. The molecule has 0 spiro atoms. The number of ether oxygens (including phenoxy) is 1. The van der Waals surface area contributed by atoms with Gasteiger partial charge < -0.3 is 10.1 Å². The van der Waals surface area contributed by atoms with Crippen molar-refractivity contribution in [1.29, 1.82) is 5.26 Å². The van der Waals surface area contributed by atoms with Crippen LogP contribution >= 0.6 is 33.9 Å². The fraction of sp³-hybridized carbons (Fsp3) is 0.0714. The second-order valence-corrected chi connectivity index (χ2v) is 6.07. The number of anilines is 1. The maximum absolute atomic E-state index is 11.7. The second kappa shape index (κ2) is 7.19. The van der Waals surface area contributed by atoms with Crippen LogP contribution in [0.25, 0.3) is 0 Å². The zero-order valence-electron chi connectivity index (χ0n) is 10.6. The Hall–Kier alpha value is -1.92. The van der Waals surface area contributed by atoms with E-state index in [1.165, 1.54) is 11.3 Å². The molecule has 5 nitrogen and oxygen atoms in total. The normalized spacial score (nSPS) is 9.71. The Balaban J connectivity index is 1.88. The van der Waals surface area contributed by atoms with Crippen molar-refractivity contribution in [3.05, 3.63) is 50.4 Å². The predicted octanol–water partition coefficient (Wildman–Crippen LogP) is 3.02. The van der Waals surface area contributed by atoms with Gasteiger partial charge in [0.25, 0.3) is 5.91 Å². The molecule has 0 saturated carbocycles. The highest BCUT2D eigenvalue weighted by Gasteiger charge is 2.12. The van der Waals surface area contributed by atoms with Gasteiger partial charge in [0.15, 0.2) is 6.61 Å². The number of esters is 1. The summed E-state index contributed by atoms with van der Waals surface area (Å²) in [5.74, 6) is -1.04. The van der Waals surface area contributed by atoms with Crippen molar-refractivity contribution >= 4 is 50.8 Å². The molecule has 7 heteroatoms. The molecule has 1 N–H and O–H groups in total. The van der Waals surface area contributed by atoms with E-state index in [2.05, 4.69) is 27.9 Å². The molecule has 0 aliphatic carbocycles. The average Bonchev–Trinajstić information content (AvgIpc) is 2.92. The van der Waals surface area contributed by atoms with Crippen molar-refractivity contribution in [1.82, 2.24) is 0 Å². The number of carbonyl (C=O) groups is 2. The van der Waals surface area contributed by atoms with Crippen LogP contribution in [0.3, 0.4) is 0 Å². The van der Waals surface area contributed by atoms with Crippen LogP contribution in [-0.4, -0.2) is 18.5 Å². The maximum atomic E-state index is 11.7. The number of rotatable bonds is 4. The van der Waals surface area contributed by atoms with Crippen molar-refractivity contribution < 1.29 is 14.3 Å². The summed E-state index contributed by atoms with van der Waals surface area (Å²) in [6.07, 6.45) is 0. The number of hydrogen-bond acceptors (Lipinski definition) is 5. The van der Waals surface area contributed by atoms with E-state index in [0.717, 1.165) is 3.57 Å². The van der Waals surface area contributed by atoms with E-state index in [1.807, 2.05) is 6.07 Å². The van der Waals surface area contributed by atoms with Crippen LogP contribution in [0.4, 0.5) is 5.00 Å². The van der Waals surface area contributed by atoms with E-state index in [4.69, 9.17) is 10.00 Å². The quantitative estimate of drug-likeness (QED) is 0.619. The molecule has 0 saturated heterocycles. The number of nitrogens with one attached hydrogen (secondary N) is 1. The first-order chi connectivity index (χ1) is 10.1. The van der Waals surface area contributed by atoms with Crippen molar-refractivity contribution in [2.45, 2.75) is 0 Å². The van der Waals surface area contributed by atoms with Crippen molar-refractivity contribution in [3.8, 4) is 6.07 Å². The van der Waals surface area contributed by atoms with Gasteiger partial charge in [0, 0.05) is 3.57 Å². The Labute approximate surface area is 138 Å². The first kappa shape index (κ1) is 15.5. The van der Waals surface area contributed by atoms with Crippen LogP contribution in [0.1, 0.15) is 15.9 Å². The maximum Gasteiger partial charge on any atom is 0.338 e. The molecule has 1 aromatic carbocycles. The summed E-state index contributed by atoms with van der Waals surface area (Å²) in [6, 6.07) is 10.4. The summed E-state index contributed by atoms with van der Waals surface area (Å²) in [4.78, 5) is 23.4. The van der Waals surface area contributed by atoms with Gasteiger partial charge in [-0.15, -0.1) is 11.3 Å². The molecule has 2 rings (SSSR count). The molecule has 1 aromatic heterocycles. The molecule has 106 valence electrons. The highest BCUT2D eigenvalue weighted by Crippen LogP contribution is 2.21. The van der Waals surface area contributed by atoms with E-state index < -0.39 is 18.5 Å². The zero-order chi connectivity index (χ0) is 15.2. The number of benzene rings is 1. The first-order valence-electron chi connectivity index (χ1n) is 5.80. The smallest absolute Gasteiger partial charge is 0.338 e. The lowest BCUT2D eigenvalue weighted by molar-refractivity contribution is -0.119. The highest BCUT2D eigenvalue weighted by molar-refractivity contribution is 14.1. The third-order valence-corrected chi connectivity index (χ3v) is 4.00. The minimum Gasteiger partial charge on any atom is -0.452 e. The zero-order valence-corrected chi connectivity index (χ0v) is 13.6. The molecule has 0 aliphatic heterocycles. The summed E-state index contributed by atoms with van der Waals surface area (Å²) in [6.45, 7) is -0.395. The van der Waals surface area contributed by atoms with Crippen LogP contribution in [0.15, 0.2) is 35.7 Å². The van der Waals surface area contributed by atoms with Gasteiger partial charge in [-0.05, 0) is 58.3 Å². The Morgan fingerprint density at radius 2 is 2.00 bits per heavy atom. The summed E-state index contributed by atoms with van der Waals surface area (Å²) >= 11 is 3.37. The third kappa shape index (κ3) is 4.27. The fourth-order valence-corrected chi connectivity index (χ4v) is 2.57. The summed E-state index contributed by atoms with van der Waals surface area (Å²) in [5, 5.41) is 13.5. The van der Waals surface area contributed by atoms with E-state index in [1.54, 1.807) is 35.7 Å². The third-order valence-electron chi connectivity index (χ3n) is 2.45. The largest absolute Gasteiger partial charge is 0.452 e. The van der Waals surface area contributed by atoms with Crippen molar-refractivity contribution in [2.24, 2.45) is 0 Å². The fourth-order valence-electron chi connectivity index (χ4n) is 1.46. The van der Waals surface area contributed by atoms with Crippen LogP contribution in [0.5, 0.6) is 0 Å². The van der Waals surface area contributed by atoms with Gasteiger partial charge in [0.05, 0.1) is 11.1 Å². The van der Waals surface area contributed by atoms with Crippen molar-refractivity contribution in [3.63, 3.8) is 0 Å². The van der Waals surface area contributed by atoms with Crippen LogP contribution in [0.2, 0.25) is 0 Å². The predicted molar refractivity (Wildman–Crippen MR) is 87.1 cm³/mol. The summed E-state index contributed by atoms with van der Waals surface area (Å²) < 4.78 is 5.92. The summed E-state index contributed by atoms with van der Waals surface area (Å²) in [5.41, 5.74) is 0.773. The lowest BCUT2D eigenvalue weighted by Gasteiger charge is -2.05. The Morgan fingerprint density at radius 1 is 1.29 bits per heavy atom. The van der Waals surface area contributed by atoms with Gasteiger partial charge in [-0.2, -0.15) is 5.26 Å². The van der Waals surface area contributed by atoms with E-state index in [-0.39, 0.29) is 0 Å². The van der Waals surface area contributed by atoms with Gasteiger partial charge in [0.2, 0.25) is 0 Å². The molecule has 0 atom stereocenters. The monoisotopic (exact) mass is 412 g/mol. The topological polar surface area (TPSA) is 79.2 Å². The lowest BCUT2D eigenvalue weighted by Crippen LogP contribution is -2.20. The van der Waals surface area contributed by atoms with Crippen LogP contribution in [0, 0.1) is 14.9 Å². The molecular weight excluding hydrogens is 403 g/mol. The first-order valence-corrected chi connectivity index (χ1v) is 7.76. The van der Waals surface area contributed by atoms with Crippen LogP contribution < -0.4 is 5.32 Å². The van der Waals surface area contributed by atoms with E-state index >= 15 is 0 Å². The number of halogens is 1. The molecule has 21 heavy (non-hydrogen) atoms. The lowest BCUT2D eigenvalue weighted by atomic mass is 10.2. The van der Waals surface area contributed by atoms with Gasteiger partial charge >= 0.3 is 5.97 Å². The molecule has 0 radical (unpaired) electrons. The highest BCUT2D eigenvalue weighted by atomic mass is 127. The van der Waals surface area contributed by atoms with Gasteiger partial charge in [-0.3, -0.25) is 4.79 Å². The molecule has 0 fully saturated rings. The summed E-state index contributed by atoms with van der Waals surface area (Å²) in [7, 11) is 0. The SMILES string of the molecule is N#Cc1ccsc1NC(=O)COC(=O)c1ccc(I)cc1. The second-order valence-electron chi connectivity index (χ2n) is 3.91. The van der Waals surface area contributed by atoms with Crippen molar-refractivity contribution in [2.75, 3.05) is 11.9 Å². The molecule has 0 unspecified atom stereocenters.